The molecule has 1 fully saturated rings. The van der Waals surface area contributed by atoms with Gasteiger partial charge < -0.3 is 14.3 Å². The molecule has 0 bridgehead atoms. The van der Waals surface area contributed by atoms with Gasteiger partial charge in [0.15, 0.2) is 0 Å². The molecule has 1 aliphatic heterocycles. The smallest absolute Gasteiger partial charge is 0.227 e. The molecule has 1 saturated heterocycles. The Morgan fingerprint density at radius 3 is 2.56 bits per heavy atom. The Morgan fingerprint density at radius 2 is 1.93 bits per heavy atom. The van der Waals surface area contributed by atoms with Crippen molar-refractivity contribution in [3.8, 4) is 11.4 Å². The molecule has 4 rings (SSSR count). The molecule has 1 aliphatic rings. The van der Waals surface area contributed by atoms with Crippen LogP contribution in [0.2, 0.25) is 0 Å². The van der Waals surface area contributed by atoms with Crippen LogP contribution in [0.15, 0.2) is 46.3 Å². The first-order chi connectivity index (χ1) is 13.2. The van der Waals surface area contributed by atoms with E-state index in [1.165, 1.54) is 0 Å². The number of hydrogen-bond acceptors (Lipinski definition) is 6. The summed E-state index contributed by atoms with van der Waals surface area (Å²) in [4.78, 5) is 22.2. The minimum Gasteiger partial charge on any atom is -0.368 e. The minimum atomic E-state index is 0.219. The lowest BCUT2D eigenvalue weighted by Gasteiger charge is -2.36. The lowest BCUT2D eigenvalue weighted by atomic mass is 10.1. The van der Waals surface area contributed by atoms with Gasteiger partial charge in [0, 0.05) is 48.7 Å². The molecule has 0 aliphatic carbocycles. The SMILES string of the molecule is CCc1nc(-c2ccc(N3CCN(C(=O)Cc4cccs4)CC3)cc2)no1. The minimum absolute atomic E-state index is 0.219. The van der Waals surface area contributed by atoms with Crippen LogP contribution in [0.4, 0.5) is 5.69 Å². The third-order valence-electron chi connectivity index (χ3n) is 4.80. The number of piperazine rings is 1. The fraction of sp³-hybridized carbons (Fsp3) is 0.350. The van der Waals surface area contributed by atoms with Crippen molar-refractivity contribution in [1.29, 1.82) is 0 Å². The van der Waals surface area contributed by atoms with E-state index < -0.39 is 0 Å². The van der Waals surface area contributed by atoms with Crippen LogP contribution >= 0.6 is 11.3 Å². The molecule has 2 aromatic heterocycles. The Morgan fingerprint density at radius 1 is 1.15 bits per heavy atom. The van der Waals surface area contributed by atoms with Gasteiger partial charge >= 0.3 is 0 Å². The fourth-order valence-corrected chi connectivity index (χ4v) is 3.92. The predicted molar refractivity (Wildman–Crippen MR) is 106 cm³/mol. The zero-order valence-corrected chi connectivity index (χ0v) is 16.1. The molecule has 0 radical (unpaired) electrons. The molecular formula is C20H22N4O2S. The quantitative estimate of drug-likeness (QED) is 0.678. The van der Waals surface area contributed by atoms with E-state index in [4.69, 9.17) is 4.52 Å². The van der Waals surface area contributed by atoms with Gasteiger partial charge in [0.25, 0.3) is 0 Å². The van der Waals surface area contributed by atoms with E-state index in [1.54, 1.807) is 11.3 Å². The summed E-state index contributed by atoms with van der Waals surface area (Å²) < 4.78 is 5.18. The lowest BCUT2D eigenvalue weighted by Crippen LogP contribution is -2.49. The second kappa shape index (κ2) is 7.92. The standard InChI is InChI=1S/C20H22N4O2S/c1-2-18-21-20(22-26-18)15-5-7-16(8-6-15)23-9-11-24(12-10-23)19(25)14-17-4-3-13-27-17/h3-8,13H,2,9-12,14H2,1H3. The summed E-state index contributed by atoms with van der Waals surface area (Å²) in [6, 6.07) is 12.2. The maximum atomic E-state index is 12.4. The number of amides is 1. The van der Waals surface area contributed by atoms with E-state index in [1.807, 2.05) is 41.5 Å². The van der Waals surface area contributed by atoms with Gasteiger partial charge in [-0.25, -0.2) is 0 Å². The van der Waals surface area contributed by atoms with Gasteiger partial charge in [0.2, 0.25) is 17.6 Å². The van der Waals surface area contributed by atoms with Gasteiger partial charge in [-0.05, 0) is 35.7 Å². The second-order valence-electron chi connectivity index (χ2n) is 6.54. The first-order valence-electron chi connectivity index (χ1n) is 9.21. The van der Waals surface area contributed by atoms with Crippen LogP contribution in [0.5, 0.6) is 0 Å². The first-order valence-corrected chi connectivity index (χ1v) is 10.1. The Balaban J connectivity index is 1.34. The monoisotopic (exact) mass is 382 g/mol. The van der Waals surface area contributed by atoms with Crippen LogP contribution in [0.25, 0.3) is 11.4 Å². The van der Waals surface area contributed by atoms with Crippen molar-refractivity contribution < 1.29 is 9.32 Å². The molecule has 0 unspecified atom stereocenters. The molecule has 0 N–H and O–H groups in total. The number of aromatic nitrogens is 2. The molecule has 1 aromatic carbocycles. The zero-order chi connectivity index (χ0) is 18.6. The van der Waals surface area contributed by atoms with Crippen LogP contribution < -0.4 is 4.90 Å². The lowest BCUT2D eigenvalue weighted by molar-refractivity contribution is -0.130. The maximum absolute atomic E-state index is 12.4. The van der Waals surface area contributed by atoms with Gasteiger partial charge in [-0.2, -0.15) is 4.98 Å². The second-order valence-corrected chi connectivity index (χ2v) is 7.57. The van der Waals surface area contributed by atoms with Crippen LogP contribution in [-0.4, -0.2) is 47.1 Å². The molecule has 0 spiro atoms. The van der Waals surface area contributed by atoms with Gasteiger partial charge in [-0.15, -0.1) is 11.3 Å². The average Bonchev–Trinajstić information content (AvgIpc) is 3.40. The Labute approximate surface area is 162 Å². The molecule has 140 valence electrons. The molecule has 27 heavy (non-hydrogen) atoms. The normalized spacial score (nSPS) is 14.6. The highest BCUT2D eigenvalue weighted by Crippen LogP contribution is 2.22. The van der Waals surface area contributed by atoms with Crippen LogP contribution in [0, 0.1) is 0 Å². The summed E-state index contributed by atoms with van der Waals surface area (Å²) in [6.45, 7) is 5.20. The summed E-state index contributed by atoms with van der Waals surface area (Å²) in [6.07, 6.45) is 1.25. The van der Waals surface area contributed by atoms with E-state index in [2.05, 4.69) is 27.2 Å². The number of benzene rings is 1. The summed E-state index contributed by atoms with van der Waals surface area (Å²) >= 11 is 1.64. The van der Waals surface area contributed by atoms with Gasteiger partial charge in [-0.1, -0.05) is 18.1 Å². The summed E-state index contributed by atoms with van der Waals surface area (Å²) in [7, 11) is 0. The van der Waals surface area contributed by atoms with Gasteiger partial charge in [-0.3, -0.25) is 4.79 Å². The molecule has 0 saturated carbocycles. The number of hydrogen-bond donors (Lipinski definition) is 0. The Kier molecular flexibility index (Phi) is 5.20. The molecule has 0 atom stereocenters. The summed E-state index contributed by atoms with van der Waals surface area (Å²) in [5, 5.41) is 6.03. The van der Waals surface area contributed by atoms with Gasteiger partial charge in [0.05, 0.1) is 6.42 Å². The van der Waals surface area contributed by atoms with Crippen molar-refractivity contribution in [2.75, 3.05) is 31.1 Å². The van der Waals surface area contributed by atoms with Gasteiger partial charge in [0.1, 0.15) is 0 Å². The largest absolute Gasteiger partial charge is 0.368 e. The van der Waals surface area contributed by atoms with Crippen LogP contribution in [0.1, 0.15) is 17.7 Å². The number of rotatable bonds is 5. The maximum Gasteiger partial charge on any atom is 0.227 e. The Hall–Kier alpha value is -2.67. The highest BCUT2D eigenvalue weighted by molar-refractivity contribution is 7.10. The molecular weight excluding hydrogens is 360 g/mol. The highest BCUT2D eigenvalue weighted by atomic mass is 32.1. The summed E-state index contributed by atoms with van der Waals surface area (Å²) in [5.41, 5.74) is 2.11. The van der Waals surface area contributed by atoms with E-state index in [-0.39, 0.29) is 5.91 Å². The fourth-order valence-electron chi connectivity index (χ4n) is 3.23. The number of aryl methyl sites for hydroxylation is 1. The molecule has 1 amide bonds. The number of anilines is 1. The molecule has 3 aromatic rings. The van der Waals surface area contributed by atoms with Crippen molar-refractivity contribution in [2.45, 2.75) is 19.8 Å². The van der Waals surface area contributed by atoms with E-state index in [0.717, 1.165) is 48.7 Å². The molecule has 7 heteroatoms. The third kappa shape index (κ3) is 4.03. The highest BCUT2D eigenvalue weighted by Gasteiger charge is 2.21. The molecule has 3 heterocycles. The van der Waals surface area contributed by atoms with Crippen LogP contribution in [0.3, 0.4) is 0 Å². The number of carbonyl (C=O) groups is 1. The number of carbonyl (C=O) groups excluding carboxylic acids is 1. The van der Waals surface area contributed by atoms with Crippen molar-refractivity contribution in [3.63, 3.8) is 0 Å². The zero-order valence-electron chi connectivity index (χ0n) is 15.3. The summed E-state index contributed by atoms with van der Waals surface area (Å²) in [5.74, 6) is 1.50. The average molecular weight is 382 g/mol. The van der Waals surface area contributed by atoms with E-state index in [9.17, 15) is 4.79 Å². The topological polar surface area (TPSA) is 62.5 Å². The van der Waals surface area contributed by atoms with Crippen molar-refractivity contribution in [3.05, 3.63) is 52.5 Å². The Bertz CT molecular complexity index is 881. The number of nitrogens with zero attached hydrogens (tertiary/aromatic N) is 4. The van der Waals surface area contributed by atoms with E-state index >= 15 is 0 Å². The number of thiophene rings is 1. The van der Waals surface area contributed by atoms with Crippen LogP contribution in [-0.2, 0) is 17.6 Å². The first kappa shape index (κ1) is 17.7. The third-order valence-corrected chi connectivity index (χ3v) is 5.68. The van der Waals surface area contributed by atoms with Crippen molar-refractivity contribution in [1.82, 2.24) is 15.0 Å². The van der Waals surface area contributed by atoms with Crippen molar-refractivity contribution >= 4 is 22.9 Å². The predicted octanol–water partition coefficient (Wildman–Crippen LogP) is 3.25. The molecule has 6 nitrogen and oxygen atoms in total. The van der Waals surface area contributed by atoms with Crippen molar-refractivity contribution in [2.24, 2.45) is 0 Å². The van der Waals surface area contributed by atoms with E-state index in [0.29, 0.717) is 18.1 Å².